The molecule has 10 rings (SSSR count). The molecule has 0 saturated heterocycles. The van der Waals surface area contributed by atoms with E-state index in [2.05, 4.69) is 140 Å². The maximum Gasteiger partial charge on any atom is 0.116 e. The van der Waals surface area contributed by atoms with Gasteiger partial charge in [0.05, 0.1) is 0 Å². The van der Waals surface area contributed by atoms with Crippen LogP contribution in [-0.2, 0) is 63.8 Å². The second kappa shape index (κ2) is 20.4. The number of aromatic nitrogens is 4. The predicted molar refractivity (Wildman–Crippen MR) is 262 cm³/mol. The fourth-order valence-electron chi connectivity index (χ4n) is 6.96. The molecule has 0 aliphatic carbocycles. The van der Waals surface area contributed by atoms with Gasteiger partial charge in [-0.05, 0) is 61.9 Å². The van der Waals surface area contributed by atoms with Crippen molar-refractivity contribution in [2.75, 3.05) is 23.9 Å². The molecule has 0 unspecified atom stereocenters. The maximum absolute atomic E-state index is 5.99. The smallest absolute Gasteiger partial charge is 0.116 e. The molecular formula is C54H62N8O2Pt2-6. The van der Waals surface area contributed by atoms with Gasteiger partial charge >= 0.3 is 0 Å². The summed E-state index contributed by atoms with van der Waals surface area (Å²) in [4.78, 5) is 8.03. The molecule has 4 aromatic carbocycles. The summed E-state index contributed by atoms with van der Waals surface area (Å²) in [6.07, 6.45) is 7.99. The molecule has 12 heteroatoms. The van der Waals surface area contributed by atoms with E-state index in [1.165, 1.54) is 0 Å². The molecule has 0 radical (unpaired) electrons. The summed E-state index contributed by atoms with van der Waals surface area (Å²) in [6.45, 7) is 29.9. The Balaban J connectivity index is 0.000000166. The summed E-state index contributed by atoms with van der Waals surface area (Å²) >= 11 is 0. The van der Waals surface area contributed by atoms with Gasteiger partial charge in [0.1, 0.15) is 11.2 Å². The Labute approximate surface area is 420 Å². The number of rotatable bonds is 2. The van der Waals surface area contributed by atoms with Crippen LogP contribution in [0.25, 0.3) is 43.9 Å². The van der Waals surface area contributed by atoms with Crippen LogP contribution in [0.5, 0.6) is 0 Å². The number of para-hydroxylation sites is 2. The third-order valence-corrected chi connectivity index (χ3v) is 10.8. The van der Waals surface area contributed by atoms with Crippen LogP contribution in [0.4, 0.5) is 11.4 Å². The van der Waals surface area contributed by atoms with Crippen molar-refractivity contribution in [1.82, 2.24) is 30.2 Å². The fraction of sp³-hybridized carbons (Fsp3) is 0.333. The molecule has 2 aliphatic heterocycles. The monoisotopic (exact) mass is 1240 g/mol. The first kappa shape index (κ1) is 51.9. The molecule has 0 spiro atoms. The SMILES string of the molecule is CC(C)(C)c1cc(C(C)(C)C)[n-]n1.CC(C)(C)c1cc(C(C)(C)C)[n-]n1.CN1C=CN(c2[c-]ccc3c2oc2ccccc23)[CH-]1.CN1C=CN(c2[c-]ccc3c2oc2ccccc23)[CH-]1.[Pt].[Pt]. The minimum absolute atomic E-state index is 0. The van der Waals surface area contributed by atoms with E-state index < -0.39 is 0 Å². The van der Waals surface area contributed by atoms with Crippen LogP contribution < -0.4 is 20.0 Å². The Morgan fingerprint density at radius 3 is 1.14 bits per heavy atom. The maximum atomic E-state index is 5.99. The number of hydrogen-bond donors (Lipinski definition) is 0. The molecule has 0 saturated carbocycles. The van der Waals surface area contributed by atoms with E-state index in [-0.39, 0.29) is 63.8 Å². The Morgan fingerprint density at radius 1 is 0.485 bits per heavy atom. The van der Waals surface area contributed by atoms with Gasteiger partial charge in [0.2, 0.25) is 0 Å². The van der Waals surface area contributed by atoms with Crippen molar-refractivity contribution in [2.45, 2.75) is 105 Å². The Kier molecular flexibility index (Phi) is 16.1. The molecule has 8 aromatic rings. The number of hydrogen-bond acceptors (Lipinski definition) is 8. The van der Waals surface area contributed by atoms with Gasteiger partial charge in [0.25, 0.3) is 0 Å². The van der Waals surface area contributed by atoms with E-state index >= 15 is 0 Å². The van der Waals surface area contributed by atoms with E-state index in [1.54, 1.807) is 0 Å². The summed E-state index contributed by atoms with van der Waals surface area (Å²) < 4.78 is 12.0. The van der Waals surface area contributed by atoms with Gasteiger partial charge in [-0.2, -0.15) is 49.7 Å². The quantitative estimate of drug-likeness (QED) is 0.156. The summed E-state index contributed by atoms with van der Waals surface area (Å²) in [6, 6.07) is 34.9. The van der Waals surface area contributed by atoms with Crippen LogP contribution in [0.15, 0.2) is 119 Å². The average Bonchev–Trinajstić information content (AvgIpc) is 4.08. The molecule has 356 valence electrons. The second-order valence-electron chi connectivity index (χ2n) is 20.5. The predicted octanol–water partition coefficient (Wildman–Crippen LogP) is 12.7. The van der Waals surface area contributed by atoms with Crippen LogP contribution in [0.2, 0.25) is 0 Å². The molecule has 0 bridgehead atoms. The standard InChI is InChI=1S/2C16H12N2O.2C11H19N2.2Pt/c2*1-17-9-10-18(11-17)14-7-4-6-13-12-5-2-3-8-15(12)19-16(13)14;2*1-10(2,3)8-7-9(13-12-8)11(4,5)6;;/h2*2-6,8-11H,1H3;2*7H,1-6H3;;/q2*-2;2*-1;;. The van der Waals surface area contributed by atoms with Crippen molar-refractivity contribution in [3.63, 3.8) is 0 Å². The van der Waals surface area contributed by atoms with E-state index in [0.717, 1.165) is 78.0 Å². The number of benzene rings is 4. The Hall–Kier alpha value is -5.04. The topological polar surface area (TPSA) is 93.2 Å². The molecule has 6 heterocycles. The third kappa shape index (κ3) is 11.9. The summed E-state index contributed by atoms with van der Waals surface area (Å²) in [7, 11) is 3.99. The molecule has 4 aromatic heterocycles. The van der Waals surface area contributed by atoms with Crippen LogP contribution >= 0.6 is 0 Å². The summed E-state index contributed by atoms with van der Waals surface area (Å²) in [5, 5.41) is 21.4. The third-order valence-electron chi connectivity index (χ3n) is 10.8. The van der Waals surface area contributed by atoms with E-state index in [0.29, 0.717) is 0 Å². The number of fused-ring (bicyclic) bond motifs is 6. The zero-order valence-electron chi connectivity index (χ0n) is 40.6. The van der Waals surface area contributed by atoms with Crippen molar-refractivity contribution < 1.29 is 51.0 Å². The van der Waals surface area contributed by atoms with Gasteiger partial charge in [-0.3, -0.25) is 0 Å². The van der Waals surface area contributed by atoms with E-state index in [4.69, 9.17) is 8.83 Å². The largest absolute Gasteiger partial charge is 0.578 e. The zero-order chi connectivity index (χ0) is 46.2. The van der Waals surface area contributed by atoms with Gasteiger partial charge in [0.15, 0.2) is 0 Å². The Morgan fingerprint density at radius 2 is 0.848 bits per heavy atom. The molecule has 66 heavy (non-hydrogen) atoms. The molecule has 10 nitrogen and oxygen atoms in total. The van der Waals surface area contributed by atoms with Crippen molar-refractivity contribution in [1.29, 1.82) is 0 Å². The van der Waals surface area contributed by atoms with E-state index in [1.807, 2.05) is 132 Å². The first-order valence-electron chi connectivity index (χ1n) is 21.8. The molecule has 0 fully saturated rings. The molecule has 0 N–H and O–H groups in total. The fourth-order valence-corrected chi connectivity index (χ4v) is 6.96. The van der Waals surface area contributed by atoms with Crippen molar-refractivity contribution >= 4 is 55.3 Å². The average molecular weight is 1250 g/mol. The van der Waals surface area contributed by atoms with Crippen molar-refractivity contribution in [3.8, 4) is 0 Å². The van der Waals surface area contributed by atoms with Crippen LogP contribution in [-0.4, -0.2) is 34.1 Å². The number of anilines is 2. The normalized spacial score (nSPS) is 13.9. The number of nitrogens with zero attached hydrogens (tertiary/aromatic N) is 8. The van der Waals surface area contributed by atoms with Gasteiger partial charge in [0, 0.05) is 86.3 Å². The minimum atomic E-state index is 0. The number of furan rings is 2. The molecule has 2 aliphatic rings. The second-order valence-corrected chi connectivity index (χ2v) is 20.5. The molecular weight excluding hydrogens is 1180 g/mol. The van der Waals surface area contributed by atoms with E-state index in [9.17, 15) is 0 Å². The van der Waals surface area contributed by atoms with Crippen LogP contribution in [0.3, 0.4) is 0 Å². The first-order chi connectivity index (χ1) is 30.1. The van der Waals surface area contributed by atoms with Gasteiger partial charge in [-0.15, -0.1) is 11.4 Å². The van der Waals surface area contributed by atoms with Crippen molar-refractivity contribution in [3.05, 3.63) is 158 Å². The molecule has 0 amide bonds. The zero-order valence-corrected chi connectivity index (χ0v) is 45.1. The molecule has 0 atom stereocenters. The van der Waals surface area contributed by atoms with Crippen molar-refractivity contribution in [2.24, 2.45) is 0 Å². The van der Waals surface area contributed by atoms with Gasteiger partial charge < -0.3 is 48.8 Å². The Bertz CT molecular complexity index is 2650. The summed E-state index contributed by atoms with van der Waals surface area (Å²) in [5.74, 6) is 0. The van der Waals surface area contributed by atoms with Gasteiger partial charge in [-0.1, -0.05) is 154 Å². The van der Waals surface area contributed by atoms with Crippen LogP contribution in [0.1, 0.15) is 106 Å². The van der Waals surface area contributed by atoms with Crippen LogP contribution in [0, 0.1) is 25.5 Å². The first-order valence-corrected chi connectivity index (χ1v) is 21.8. The minimum Gasteiger partial charge on any atom is -0.578 e. The summed E-state index contributed by atoms with van der Waals surface area (Å²) in [5.41, 5.74) is 10.2. The van der Waals surface area contributed by atoms with Gasteiger partial charge in [-0.25, -0.2) is 0 Å².